The molecule has 0 unspecified atom stereocenters. The Morgan fingerprint density at radius 3 is 2.63 bits per heavy atom. The van der Waals surface area contributed by atoms with Gasteiger partial charge in [0.15, 0.2) is 5.82 Å². The first kappa shape index (κ1) is 11.6. The van der Waals surface area contributed by atoms with Crippen LogP contribution < -0.4 is 0 Å². The van der Waals surface area contributed by atoms with Crippen LogP contribution in [0.5, 0.6) is 0 Å². The van der Waals surface area contributed by atoms with Gasteiger partial charge in [-0.1, -0.05) is 42.5 Å². The summed E-state index contributed by atoms with van der Waals surface area (Å²) in [7, 11) is 0. The van der Waals surface area contributed by atoms with Gasteiger partial charge < -0.3 is 0 Å². The molecule has 0 spiro atoms. The van der Waals surface area contributed by atoms with E-state index in [2.05, 4.69) is 40.3 Å². The Balaban J connectivity index is 1.95. The maximum absolute atomic E-state index is 4.45. The number of hydrogen-bond donors (Lipinski definition) is 0. The fourth-order valence-corrected chi connectivity index (χ4v) is 2.04. The van der Waals surface area contributed by atoms with Crippen molar-refractivity contribution >= 4 is 22.8 Å². The topological polar surface area (TPSA) is 25.2 Å². The molecule has 0 aliphatic heterocycles. The van der Waals surface area contributed by atoms with Gasteiger partial charge in [0.1, 0.15) is 0 Å². The second kappa shape index (κ2) is 5.02. The highest BCUT2D eigenvalue weighted by atomic mass is 14.9. The van der Waals surface area contributed by atoms with Crippen molar-refractivity contribution in [3.05, 3.63) is 71.9 Å². The fraction of sp³-hybridized carbons (Fsp3) is 0.0588. The molecule has 0 radical (unpaired) electrons. The highest BCUT2D eigenvalue weighted by Gasteiger charge is 1.96. The van der Waals surface area contributed by atoms with Crippen molar-refractivity contribution in [2.24, 2.45) is 4.99 Å². The summed E-state index contributed by atoms with van der Waals surface area (Å²) in [5, 5.41) is 2.47. The summed E-state index contributed by atoms with van der Waals surface area (Å²) >= 11 is 0. The minimum atomic E-state index is 0.774. The van der Waals surface area contributed by atoms with E-state index in [-0.39, 0.29) is 0 Å². The van der Waals surface area contributed by atoms with Gasteiger partial charge in [-0.15, -0.1) is 0 Å². The second-order valence-corrected chi connectivity index (χ2v) is 4.51. The predicted octanol–water partition coefficient (Wildman–Crippen LogP) is 4.29. The SMILES string of the molecule is Cc1cccnc1/N=C/c1ccc2ccccc2c1. The summed E-state index contributed by atoms with van der Waals surface area (Å²) in [6, 6.07) is 18.6. The van der Waals surface area contributed by atoms with Gasteiger partial charge in [-0.3, -0.25) is 0 Å². The number of aliphatic imine (C=N–C) groups is 1. The number of aromatic nitrogens is 1. The third-order valence-electron chi connectivity index (χ3n) is 3.09. The predicted molar refractivity (Wildman–Crippen MR) is 80.2 cm³/mol. The molecule has 1 heterocycles. The Kier molecular flexibility index (Phi) is 3.07. The van der Waals surface area contributed by atoms with Gasteiger partial charge in [0, 0.05) is 12.4 Å². The molecule has 0 saturated carbocycles. The Morgan fingerprint density at radius 2 is 1.79 bits per heavy atom. The Bertz CT molecular complexity index is 745. The molecule has 2 heteroatoms. The van der Waals surface area contributed by atoms with Crippen LogP contribution >= 0.6 is 0 Å². The van der Waals surface area contributed by atoms with E-state index >= 15 is 0 Å². The van der Waals surface area contributed by atoms with Crippen LogP contribution in [-0.4, -0.2) is 11.2 Å². The van der Waals surface area contributed by atoms with Crippen LogP contribution in [0.4, 0.5) is 5.82 Å². The summed E-state index contributed by atoms with van der Waals surface area (Å²) in [5.74, 6) is 0.774. The van der Waals surface area contributed by atoms with E-state index in [0.717, 1.165) is 16.9 Å². The fourth-order valence-electron chi connectivity index (χ4n) is 2.04. The second-order valence-electron chi connectivity index (χ2n) is 4.51. The molecular weight excluding hydrogens is 232 g/mol. The first-order valence-corrected chi connectivity index (χ1v) is 6.27. The molecule has 0 aliphatic rings. The number of rotatable bonds is 2. The number of aryl methyl sites for hydroxylation is 1. The maximum atomic E-state index is 4.45. The highest BCUT2D eigenvalue weighted by Crippen LogP contribution is 2.16. The normalized spacial score (nSPS) is 11.2. The Hall–Kier alpha value is -2.48. The first-order chi connectivity index (χ1) is 9.33. The lowest BCUT2D eigenvalue weighted by atomic mass is 10.1. The summed E-state index contributed by atoms with van der Waals surface area (Å²) < 4.78 is 0. The van der Waals surface area contributed by atoms with Crippen molar-refractivity contribution in [3.8, 4) is 0 Å². The summed E-state index contributed by atoms with van der Waals surface area (Å²) in [4.78, 5) is 8.70. The lowest BCUT2D eigenvalue weighted by Crippen LogP contribution is -1.83. The van der Waals surface area contributed by atoms with Crippen LogP contribution in [0.15, 0.2) is 65.8 Å². The van der Waals surface area contributed by atoms with Crippen LogP contribution in [0, 0.1) is 6.92 Å². The molecule has 0 fully saturated rings. The van der Waals surface area contributed by atoms with Crippen LogP contribution in [-0.2, 0) is 0 Å². The molecule has 1 aromatic heterocycles. The minimum absolute atomic E-state index is 0.774. The number of nitrogens with zero attached hydrogens (tertiary/aromatic N) is 2. The van der Waals surface area contributed by atoms with E-state index in [0.29, 0.717) is 0 Å². The standard InChI is InChI=1S/C17H14N2/c1-13-5-4-10-18-17(13)19-12-14-8-9-15-6-2-3-7-16(15)11-14/h2-12H,1H3/b19-12+. The van der Waals surface area contributed by atoms with Crippen molar-refractivity contribution in [2.75, 3.05) is 0 Å². The van der Waals surface area contributed by atoms with Gasteiger partial charge in [0.05, 0.1) is 0 Å². The maximum Gasteiger partial charge on any atom is 0.154 e. The van der Waals surface area contributed by atoms with E-state index in [1.54, 1.807) is 6.20 Å². The lowest BCUT2D eigenvalue weighted by molar-refractivity contribution is 1.23. The molecule has 0 bridgehead atoms. The first-order valence-electron chi connectivity index (χ1n) is 6.27. The van der Waals surface area contributed by atoms with Crippen molar-refractivity contribution in [2.45, 2.75) is 6.92 Å². The van der Waals surface area contributed by atoms with E-state index in [9.17, 15) is 0 Å². The molecule has 0 atom stereocenters. The molecule has 0 N–H and O–H groups in total. The zero-order valence-corrected chi connectivity index (χ0v) is 10.7. The van der Waals surface area contributed by atoms with E-state index in [1.807, 2.05) is 37.4 Å². The zero-order valence-electron chi connectivity index (χ0n) is 10.7. The Morgan fingerprint density at radius 1 is 0.947 bits per heavy atom. The quantitative estimate of drug-likeness (QED) is 0.619. The molecule has 19 heavy (non-hydrogen) atoms. The molecule has 0 aliphatic carbocycles. The molecule has 0 amide bonds. The van der Waals surface area contributed by atoms with Gasteiger partial charge in [-0.25, -0.2) is 9.98 Å². The van der Waals surface area contributed by atoms with Crippen LogP contribution in [0.2, 0.25) is 0 Å². The highest BCUT2D eigenvalue weighted by molar-refractivity contribution is 5.91. The van der Waals surface area contributed by atoms with Gasteiger partial charge in [0.2, 0.25) is 0 Å². The van der Waals surface area contributed by atoms with Gasteiger partial charge in [0.25, 0.3) is 0 Å². The van der Waals surface area contributed by atoms with Crippen LogP contribution in [0.1, 0.15) is 11.1 Å². The van der Waals surface area contributed by atoms with Crippen molar-refractivity contribution in [3.63, 3.8) is 0 Å². The number of hydrogen-bond acceptors (Lipinski definition) is 2. The van der Waals surface area contributed by atoms with Crippen LogP contribution in [0.3, 0.4) is 0 Å². The molecule has 2 nitrogen and oxygen atoms in total. The largest absolute Gasteiger partial charge is 0.237 e. The number of fused-ring (bicyclic) bond motifs is 1. The van der Waals surface area contributed by atoms with Gasteiger partial charge in [-0.2, -0.15) is 0 Å². The smallest absolute Gasteiger partial charge is 0.154 e. The average Bonchev–Trinajstić information content (AvgIpc) is 2.46. The zero-order chi connectivity index (χ0) is 13.1. The van der Waals surface area contributed by atoms with E-state index in [4.69, 9.17) is 0 Å². The number of pyridine rings is 1. The molecule has 2 aromatic carbocycles. The van der Waals surface area contributed by atoms with Gasteiger partial charge >= 0.3 is 0 Å². The van der Waals surface area contributed by atoms with Crippen LogP contribution in [0.25, 0.3) is 10.8 Å². The molecule has 92 valence electrons. The van der Waals surface area contributed by atoms with E-state index < -0.39 is 0 Å². The third-order valence-corrected chi connectivity index (χ3v) is 3.09. The van der Waals surface area contributed by atoms with Gasteiger partial charge in [-0.05, 0) is 41.0 Å². The average molecular weight is 246 g/mol. The molecular formula is C17H14N2. The monoisotopic (exact) mass is 246 g/mol. The number of benzene rings is 2. The third kappa shape index (κ3) is 2.52. The molecule has 0 saturated heterocycles. The van der Waals surface area contributed by atoms with Crippen molar-refractivity contribution in [1.82, 2.24) is 4.98 Å². The molecule has 3 rings (SSSR count). The minimum Gasteiger partial charge on any atom is -0.237 e. The van der Waals surface area contributed by atoms with E-state index in [1.165, 1.54) is 10.8 Å². The Labute approximate surface area is 112 Å². The molecule has 3 aromatic rings. The summed E-state index contributed by atoms with van der Waals surface area (Å²) in [5.41, 5.74) is 2.17. The van der Waals surface area contributed by atoms with Crippen molar-refractivity contribution in [1.29, 1.82) is 0 Å². The summed E-state index contributed by atoms with van der Waals surface area (Å²) in [6.07, 6.45) is 3.63. The van der Waals surface area contributed by atoms with Crippen molar-refractivity contribution < 1.29 is 0 Å². The lowest BCUT2D eigenvalue weighted by Gasteiger charge is -2.00. The summed E-state index contributed by atoms with van der Waals surface area (Å²) in [6.45, 7) is 2.01.